The summed E-state index contributed by atoms with van der Waals surface area (Å²) < 4.78 is 1.95. The molecule has 38 heavy (non-hydrogen) atoms. The molecule has 2 aromatic heterocycles. The minimum absolute atomic E-state index is 0.114. The number of rotatable bonds is 11. The van der Waals surface area contributed by atoms with Crippen LogP contribution in [0.25, 0.3) is 22.3 Å². The van der Waals surface area contributed by atoms with Gasteiger partial charge in [0.1, 0.15) is 5.69 Å². The van der Waals surface area contributed by atoms with Crippen LogP contribution < -0.4 is 5.32 Å². The molecule has 0 spiro atoms. The number of fused-ring (bicyclic) bond motifs is 1. The maximum absolute atomic E-state index is 13.9. The van der Waals surface area contributed by atoms with Crippen LogP contribution in [0.3, 0.4) is 0 Å². The van der Waals surface area contributed by atoms with Crippen molar-refractivity contribution in [3.05, 3.63) is 76.2 Å². The highest BCUT2D eigenvalue weighted by atomic mass is 16.2. The molecular weight excluding hydrogens is 472 g/mol. The first kappa shape index (κ1) is 27.5. The third-order valence-corrected chi connectivity index (χ3v) is 7.23. The zero-order valence-corrected chi connectivity index (χ0v) is 23.6. The van der Waals surface area contributed by atoms with Crippen LogP contribution >= 0.6 is 0 Å². The summed E-state index contributed by atoms with van der Waals surface area (Å²) in [6, 6.07) is 12.6. The van der Waals surface area contributed by atoms with Crippen LogP contribution in [0.1, 0.15) is 65.1 Å². The molecule has 0 atom stereocenters. The summed E-state index contributed by atoms with van der Waals surface area (Å²) in [5.74, 6) is 0.466. The van der Waals surface area contributed by atoms with Gasteiger partial charge in [0.15, 0.2) is 5.82 Å². The average molecular weight is 513 g/mol. The number of nitrogens with zero attached hydrogens (tertiary/aromatic N) is 5. The smallest absolute Gasteiger partial charge is 0.273 e. The molecule has 0 aliphatic carbocycles. The van der Waals surface area contributed by atoms with Crippen LogP contribution in [0.2, 0.25) is 0 Å². The minimum Gasteiger partial charge on any atom is -0.336 e. The van der Waals surface area contributed by atoms with Crippen molar-refractivity contribution in [2.45, 2.75) is 66.5 Å². The monoisotopic (exact) mass is 512 g/mol. The molecule has 7 nitrogen and oxygen atoms in total. The van der Waals surface area contributed by atoms with Gasteiger partial charge in [0.2, 0.25) is 0 Å². The molecule has 0 fully saturated rings. The van der Waals surface area contributed by atoms with Gasteiger partial charge >= 0.3 is 0 Å². The van der Waals surface area contributed by atoms with Crippen LogP contribution in [0.5, 0.6) is 0 Å². The highest BCUT2D eigenvalue weighted by Crippen LogP contribution is 2.26. The lowest BCUT2D eigenvalue weighted by molar-refractivity contribution is 0.0781. The number of hydrogen-bond donors (Lipinski definition) is 1. The Hall–Kier alpha value is -3.58. The highest BCUT2D eigenvalue weighted by Gasteiger charge is 2.21. The predicted molar refractivity (Wildman–Crippen MR) is 154 cm³/mol. The maximum atomic E-state index is 13.9. The molecule has 7 heteroatoms. The lowest BCUT2D eigenvalue weighted by Gasteiger charge is -2.19. The van der Waals surface area contributed by atoms with E-state index in [-0.39, 0.29) is 5.91 Å². The second-order valence-corrected chi connectivity index (χ2v) is 10.1. The molecule has 4 aromatic rings. The Morgan fingerprint density at radius 2 is 1.84 bits per heavy atom. The number of amides is 1. The van der Waals surface area contributed by atoms with Crippen molar-refractivity contribution in [2.24, 2.45) is 0 Å². The largest absolute Gasteiger partial charge is 0.336 e. The molecule has 1 amide bonds. The molecule has 0 bridgehead atoms. The molecule has 200 valence electrons. The Labute approximate surface area is 226 Å². The molecule has 0 saturated heterocycles. The lowest BCUT2D eigenvalue weighted by Crippen LogP contribution is -2.28. The summed E-state index contributed by atoms with van der Waals surface area (Å²) in [7, 11) is 3.81. The van der Waals surface area contributed by atoms with Crippen molar-refractivity contribution < 1.29 is 4.79 Å². The number of hydrogen-bond acceptors (Lipinski definition) is 5. The molecule has 2 aromatic carbocycles. The quantitative estimate of drug-likeness (QED) is 0.268. The van der Waals surface area contributed by atoms with E-state index >= 15 is 0 Å². The van der Waals surface area contributed by atoms with Crippen molar-refractivity contribution in [2.75, 3.05) is 20.6 Å². The molecule has 0 saturated carbocycles. The van der Waals surface area contributed by atoms with Crippen LogP contribution in [0.15, 0.2) is 42.6 Å². The van der Waals surface area contributed by atoms with E-state index in [0.717, 1.165) is 66.5 Å². The van der Waals surface area contributed by atoms with E-state index in [4.69, 9.17) is 9.97 Å². The molecule has 4 rings (SSSR count). The van der Waals surface area contributed by atoms with Gasteiger partial charge in [-0.2, -0.15) is 5.10 Å². The SMILES string of the molecule is CCCc1ccc2nc(-c3ccc(CCCNC)c(C)c3)nc(C(=O)N(C)Cc3cnn(CC)c3C)c2c1. The van der Waals surface area contributed by atoms with Gasteiger partial charge in [-0.15, -0.1) is 0 Å². The van der Waals surface area contributed by atoms with Crippen molar-refractivity contribution in [1.82, 2.24) is 30.0 Å². The Bertz CT molecular complexity index is 1420. The topological polar surface area (TPSA) is 75.9 Å². The molecule has 0 unspecified atom stereocenters. The molecular formula is C31H40N6O. The summed E-state index contributed by atoms with van der Waals surface area (Å²) in [5.41, 5.74) is 8.01. The van der Waals surface area contributed by atoms with Crippen molar-refractivity contribution in [3.63, 3.8) is 0 Å². The van der Waals surface area contributed by atoms with Gasteiger partial charge in [-0.25, -0.2) is 9.97 Å². The van der Waals surface area contributed by atoms with Gasteiger partial charge in [-0.1, -0.05) is 31.5 Å². The standard InChI is InChI=1S/C31H40N6O/c1-7-10-23-12-15-28-27(18-23)29(31(38)36(6)20-26-19-33-37(8-2)22(26)4)35-30(34-28)25-14-13-24(21(3)17-25)11-9-16-32-5/h12-15,17-19,32H,7-11,16,20H2,1-6H3. The van der Waals surface area contributed by atoms with Crippen molar-refractivity contribution in [1.29, 1.82) is 0 Å². The fourth-order valence-electron chi connectivity index (χ4n) is 4.95. The van der Waals surface area contributed by atoms with Crippen LogP contribution in [-0.4, -0.2) is 51.2 Å². The number of carbonyl (C=O) groups excluding carboxylic acids is 1. The maximum Gasteiger partial charge on any atom is 0.273 e. The highest BCUT2D eigenvalue weighted by molar-refractivity contribution is 6.05. The second-order valence-electron chi connectivity index (χ2n) is 10.1. The Kier molecular flexibility index (Phi) is 8.89. The van der Waals surface area contributed by atoms with E-state index in [1.54, 1.807) is 4.90 Å². The Balaban J connectivity index is 1.73. The number of nitrogens with one attached hydrogen (secondary N) is 1. The molecule has 1 N–H and O–H groups in total. The van der Waals surface area contributed by atoms with Gasteiger partial charge in [0.25, 0.3) is 5.91 Å². The van der Waals surface area contributed by atoms with Crippen LogP contribution in [0, 0.1) is 13.8 Å². The second kappa shape index (κ2) is 12.3. The van der Waals surface area contributed by atoms with E-state index in [2.05, 4.69) is 61.5 Å². The average Bonchev–Trinajstić information content (AvgIpc) is 3.27. The molecule has 2 heterocycles. The first-order valence-electron chi connectivity index (χ1n) is 13.7. The summed E-state index contributed by atoms with van der Waals surface area (Å²) in [6.07, 6.45) is 5.95. The lowest BCUT2D eigenvalue weighted by atomic mass is 10.0. The zero-order chi connectivity index (χ0) is 27.2. The van der Waals surface area contributed by atoms with Crippen molar-refractivity contribution in [3.8, 4) is 11.4 Å². The van der Waals surface area contributed by atoms with Crippen molar-refractivity contribution >= 4 is 16.8 Å². The fraction of sp³-hybridized carbons (Fsp3) is 0.419. The van der Waals surface area contributed by atoms with Gasteiger partial charge in [-0.3, -0.25) is 9.48 Å². The number of carbonyl (C=O) groups is 1. The van der Waals surface area contributed by atoms with E-state index in [1.165, 1.54) is 16.7 Å². The predicted octanol–water partition coefficient (Wildman–Crippen LogP) is 5.51. The summed E-state index contributed by atoms with van der Waals surface area (Å²) in [4.78, 5) is 25.4. The molecule has 0 radical (unpaired) electrons. The van der Waals surface area contributed by atoms with Crippen LogP contribution in [-0.2, 0) is 25.9 Å². The van der Waals surface area contributed by atoms with Gasteiger partial charge < -0.3 is 10.2 Å². The third kappa shape index (κ3) is 5.94. The summed E-state index contributed by atoms with van der Waals surface area (Å²) in [5, 5.41) is 8.46. The number of aryl methyl sites for hydroxylation is 4. The molecule has 0 aliphatic heterocycles. The van der Waals surface area contributed by atoms with E-state index in [1.807, 2.05) is 38.0 Å². The number of benzene rings is 2. The van der Waals surface area contributed by atoms with E-state index in [0.29, 0.717) is 18.1 Å². The van der Waals surface area contributed by atoms with E-state index < -0.39 is 0 Å². The first-order chi connectivity index (χ1) is 18.4. The zero-order valence-electron chi connectivity index (χ0n) is 23.6. The van der Waals surface area contributed by atoms with E-state index in [9.17, 15) is 4.79 Å². The Morgan fingerprint density at radius 1 is 1.03 bits per heavy atom. The minimum atomic E-state index is -0.114. The normalized spacial score (nSPS) is 11.3. The van der Waals surface area contributed by atoms with Gasteiger partial charge in [-0.05, 0) is 88.5 Å². The number of aromatic nitrogens is 4. The summed E-state index contributed by atoms with van der Waals surface area (Å²) >= 11 is 0. The Morgan fingerprint density at radius 3 is 2.53 bits per heavy atom. The van der Waals surface area contributed by atoms with Gasteiger partial charge in [0, 0.05) is 42.3 Å². The van der Waals surface area contributed by atoms with Gasteiger partial charge in [0.05, 0.1) is 11.7 Å². The molecule has 0 aliphatic rings. The fourth-order valence-corrected chi connectivity index (χ4v) is 4.95. The third-order valence-electron chi connectivity index (χ3n) is 7.23. The van der Waals surface area contributed by atoms with Crippen LogP contribution in [0.4, 0.5) is 0 Å². The summed E-state index contributed by atoms with van der Waals surface area (Å²) in [6.45, 7) is 10.7. The first-order valence-corrected chi connectivity index (χ1v) is 13.7.